The lowest BCUT2D eigenvalue weighted by molar-refractivity contribution is 0.252. The predicted molar refractivity (Wildman–Crippen MR) is 134 cm³/mol. The molecule has 3 aromatic carbocycles. The van der Waals surface area contributed by atoms with Crippen molar-refractivity contribution < 1.29 is 14.3 Å². The van der Waals surface area contributed by atoms with Gasteiger partial charge in [-0.3, -0.25) is 4.90 Å². The van der Waals surface area contributed by atoms with Gasteiger partial charge in [0.2, 0.25) is 0 Å². The molecule has 3 aromatic rings. The Labute approximate surface area is 202 Å². The zero-order chi connectivity index (χ0) is 23.6. The average molecular weight is 487 g/mol. The lowest BCUT2D eigenvalue weighted by atomic mass is 10.2. The number of nitrogens with one attached hydrogen (secondary N) is 3. The molecule has 0 saturated heterocycles. The second-order valence-electron chi connectivity index (χ2n) is 7.03. The summed E-state index contributed by atoms with van der Waals surface area (Å²) in [6.07, 6.45) is 0.531. The first-order valence-corrected chi connectivity index (χ1v) is 11.0. The quantitative estimate of drug-likeness (QED) is 0.329. The first-order valence-electron chi connectivity index (χ1n) is 10.2. The third-order valence-electron chi connectivity index (χ3n) is 4.65. The molecule has 0 aliphatic carbocycles. The van der Waals surface area contributed by atoms with Crippen LogP contribution in [-0.4, -0.2) is 32.3 Å². The molecule has 3 N–H and O–H groups in total. The molecule has 33 heavy (non-hydrogen) atoms. The van der Waals surface area contributed by atoms with Crippen molar-refractivity contribution in [1.29, 1.82) is 0 Å². The fourth-order valence-electron chi connectivity index (χ4n) is 3.01. The van der Waals surface area contributed by atoms with Gasteiger partial charge in [0.25, 0.3) is 0 Å². The Morgan fingerprint density at radius 1 is 0.879 bits per heavy atom. The second-order valence-corrected chi connectivity index (χ2v) is 7.90. The largest absolute Gasteiger partial charge is 0.497 e. The molecule has 0 spiro atoms. The Balaban J connectivity index is 1.59. The molecule has 0 aliphatic rings. The Hall–Kier alpha value is -3.42. The maximum absolute atomic E-state index is 13.0. The van der Waals surface area contributed by atoms with E-state index in [9.17, 15) is 9.59 Å². The number of halogens is 2. The highest BCUT2D eigenvalue weighted by Crippen LogP contribution is 2.22. The molecule has 3 rings (SSSR count). The van der Waals surface area contributed by atoms with E-state index >= 15 is 0 Å². The van der Waals surface area contributed by atoms with Crippen LogP contribution in [0.3, 0.4) is 0 Å². The average Bonchev–Trinajstić information content (AvgIpc) is 2.80. The van der Waals surface area contributed by atoms with Crippen molar-refractivity contribution in [2.24, 2.45) is 0 Å². The van der Waals surface area contributed by atoms with E-state index in [0.717, 1.165) is 0 Å². The first kappa shape index (κ1) is 24.2. The number of amides is 4. The zero-order valence-electron chi connectivity index (χ0n) is 18.0. The highest BCUT2D eigenvalue weighted by molar-refractivity contribution is 6.31. The lowest BCUT2D eigenvalue weighted by Gasteiger charge is -2.24. The van der Waals surface area contributed by atoms with Crippen LogP contribution in [0, 0.1) is 0 Å². The number of carbonyl (C=O) groups excluding carboxylic acids is 2. The summed E-state index contributed by atoms with van der Waals surface area (Å²) in [7, 11) is 1.58. The molecule has 0 radical (unpaired) electrons. The van der Waals surface area contributed by atoms with Crippen LogP contribution in [-0.2, 0) is 0 Å². The number of anilines is 3. The van der Waals surface area contributed by atoms with Crippen molar-refractivity contribution in [3.63, 3.8) is 0 Å². The molecule has 0 atom stereocenters. The van der Waals surface area contributed by atoms with Crippen LogP contribution >= 0.6 is 23.2 Å². The fourth-order valence-corrected chi connectivity index (χ4v) is 3.33. The molecule has 7 nitrogen and oxygen atoms in total. The number of rotatable bonds is 8. The van der Waals surface area contributed by atoms with Gasteiger partial charge < -0.3 is 20.7 Å². The maximum atomic E-state index is 13.0. The maximum Gasteiger partial charge on any atom is 0.326 e. The summed E-state index contributed by atoms with van der Waals surface area (Å²) >= 11 is 11.9. The molecule has 172 valence electrons. The van der Waals surface area contributed by atoms with Crippen LogP contribution in [0.25, 0.3) is 0 Å². The van der Waals surface area contributed by atoms with Gasteiger partial charge in [0, 0.05) is 40.2 Å². The topological polar surface area (TPSA) is 82.7 Å². The van der Waals surface area contributed by atoms with Gasteiger partial charge in [-0.05, 0) is 73.2 Å². The SMILES string of the molecule is COc1ccc(N(CCCNC(=O)Nc2ccc(Cl)cc2)C(=O)Nc2cccc(Cl)c2)cc1. The summed E-state index contributed by atoms with van der Waals surface area (Å²) in [5.74, 6) is 0.689. The monoisotopic (exact) mass is 486 g/mol. The van der Waals surface area contributed by atoms with Crippen LogP contribution in [0.4, 0.5) is 26.7 Å². The van der Waals surface area contributed by atoms with Crippen LogP contribution in [0.2, 0.25) is 10.0 Å². The van der Waals surface area contributed by atoms with Crippen molar-refractivity contribution in [2.75, 3.05) is 35.7 Å². The van der Waals surface area contributed by atoms with Gasteiger partial charge in [-0.15, -0.1) is 0 Å². The van der Waals surface area contributed by atoms with Crippen LogP contribution in [0.15, 0.2) is 72.8 Å². The molecular weight excluding hydrogens is 463 g/mol. The van der Waals surface area contributed by atoms with Crippen molar-refractivity contribution in [2.45, 2.75) is 6.42 Å². The van der Waals surface area contributed by atoms with Crippen LogP contribution < -0.4 is 25.6 Å². The van der Waals surface area contributed by atoms with Crippen molar-refractivity contribution in [3.05, 3.63) is 82.8 Å². The van der Waals surface area contributed by atoms with E-state index < -0.39 is 0 Å². The molecule has 9 heteroatoms. The fraction of sp³-hybridized carbons (Fsp3) is 0.167. The van der Waals surface area contributed by atoms with Gasteiger partial charge in [-0.25, -0.2) is 9.59 Å². The highest BCUT2D eigenvalue weighted by Gasteiger charge is 2.16. The Kier molecular flexibility index (Phi) is 8.80. The number of methoxy groups -OCH3 is 1. The molecule has 0 unspecified atom stereocenters. The van der Waals surface area contributed by atoms with E-state index in [0.29, 0.717) is 52.4 Å². The molecule has 4 amide bonds. The number of urea groups is 2. The van der Waals surface area contributed by atoms with E-state index in [4.69, 9.17) is 27.9 Å². The third kappa shape index (κ3) is 7.59. The van der Waals surface area contributed by atoms with Crippen molar-refractivity contribution >= 4 is 52.3 Å². The third-order valence-corrected chi connectivity index (χ3v) is 5.14. The number of hydrogen-bond acceptors (Lipinski definition) is 3. The summed E-state index contributed by atoms with van der Waals surface area (Å²) < 4.78 is 5.20. The molecule has 0 aromatic heterocycles. The summed E-state index contributed by atoms with van der Waals surface area (Å²) in [6, 6.07) is 20.3. The van der Waals surface area contributed by atoms with E-state index in [-0.39, 0.29) is 12.1 Å². The summed E-state index contributed by atoms with van der Waals surface area (Å²) in [5, 5.41) is 9.50. The van der Waals surface area contributed by atoms with Gasteiger partial charge in [0.15, 0.2) is 0 Å². The van der Waals surface area contributed by atoms with Gasteiger partial charge in [0.1, 0.15) is 5.75 Å². The van der Waals surface area contributed by atoms with Gasteiger partial charge in [-0.2, -0.15) is 0 Å². The number of ether oxygens (including phenoxy) is 1. The van der Waals surface area contributed by atoms with E-state index in [1.165, 1.54) is 0 Å². The lowest BCUT2D eigenvalue weighted by Crippen LogP contribution is -2.38. The van der Waals surface area contributed by atoms with Gasteiger partial charge >= 0.3 is 12.1 Å². The van der Waals surface area contributed by atoms with Crippen LogP contribution in [0.5, 0.6) is 5.75 Å². The molecule has 0 aliphatic heterocycles. The molecule has 0 fully saturated rings. The first-order chi connectivity index (χ1) is 15.9. The van der Waals surface area contributed by atoms with E-state index in [1.807, 2.05) is 0 Å². The normalized spacial score (nSPS) is 10.3. The zero-order valence-corrected chi connectivity index (χ0v) is 19.5. The minimum Gasteiger partial charge on any atom is -0.497 e. The number of carbonyl (C=O) groups is 2. The minimum atomic E-state index is -0.336. The van der Waals surface area contributed by atoms with E-state index in [2.05, 4.69) is 16.0 Å². The number of benzene rings is 3. The smallest absolute Gasteiger partial charge is 0.326 e. The summed E-state index contributed by atoms with van der Waals surface area (Å²) in [4.78, 5) is 26.7. The van der Waals surface area contributed by atoms with Gasteiger partial charge in [-0.1, -0.05) is 29.3 Å². The summed E-state index contributed by atoms with van der Waals surface area (Å²) in [5.41, 5.74) is 1.92. The number of hydrogen-bond donors (Lipinski definition) is 3. The van der Waals surface area contributed by atoms with Crippen molar-refractivity contribution in [3.8, 4) is 5.75 Å². The molecule has 0 heterocycles. The minimum absolute atomic E-state index is 0.312. The van der Waals surface area contributed by atoms with Crippen molar-refractivity contribution in [1.82, 2.24) is 5.32 Å². The predicted octanol–water partition coefficient (Wildman–Crippen LogP) is 6.25. The highest BCUT2D eigenvalue weighted by atomic mass is 35.5. The Bertz CT molecular complexity index is 1080. The second kappa shape index (κ2) is 12.0. The Morgan fingerprint density at radius 2 is 1.61 bits per heavy atom. The Morgan fingerprint density at radius 3 is 2.27 bits per heavy atom. The molecule has 0 bridgehead atoms. The standard InChI is InChI=1S/C24H24Cl2N4O3/c1-33-22-12-10-21(11-13-22)30(24(32)29-20-5-2-4-18(26)16-20)15-3-14-27-23(31)28-19-8-6-17(25)7-9-19/h2,4-13,16H,3,14-15H2,1H3,(H,29,32)(H2,27,28,31). The summed E-state index contributed by atoms with van der Waals surface area (Å²) in [6.45, 7) is 0.747. The van der Waals surface area contributed by atoms with Crippen LogP contribution in [0.1, 0.15) is 6.42 Å². The van der Waals surface area contributed by atoms with Gasteiger partial charge in [0.05, 0.1) is 7.11 Å². The number of nitrogens with zero attached hydrogens (tertiary/aromatic N) is 1. The molecule has 0 saturated carbocycles. The van der Waals surface area contributed by atoms with E-state index in [1.54, 1.807) is 84.8 Å². The molecular formula is C24H24Cl2N4O3.